The third kappa shape index (κ3) is 3.17. The van der Waals surface area contributed by atoms with Gasteiger partial charge in [0, 0.05) is 30.1 Å². The molecule has 3 heterocycles. The Hall–Kier alpha value is -2.86. The number of carbonyl (C=O) groups is 1. The Kier molecular flexibility index (Phi) is 4.15. The van der Waals surface area contributed by atoms with E-state index in [2.05, 4.69) is 11.1 Å². The van der Waals surface area contributed by atoms with Crippen LogP contribution in [-0.4, -0.2) is 65.3 Å². The molecule has 2 amide bonds. The highest BCUT2D eigenvalue weighted by atomic mass is 19.4. The van der Waals surface area contributed by atoms with Gasteiger partial charge in [0.15, 0.2) is 0 Å². The quantitative estimate of drug-likeness (QED) is 0.827. The molecule has 4 rings (SSSR count). The molecule has 2 saturated heterocycles. The Morgan fingerprint density at radius 1 is 1.19 bits per heavy atom. The second-order valence-electron chi connectivity index (χ2n) is 6.79. The van der Waals surface area contributed by atoms with E-state index in [9.17, 15) is 23.2 Å². The summed E-state index contributed by atoms with van der Waals surface area (Å²) in [6.07, 6.45) is -1.03. The first-order valence-electron chi connectivity index (χ1n) is 8.48. The summed E-state index contributed by atoms with van der Waals surface area (Å²) in [6, 6.07) is 8.16. The number of amides is 2. The van der Waals surface area contributed by atoms with Crippen molar-refractivity contribution in [1.82, 2.24) is 14.8 Å². The van der Waals surface area contributed by atoms with Gasteiger partial charge in [0.1, 0.15) is 6.04 Å². The van der Waals surface area contributed by atoms with Crippen molar-refractivity contribution in [1.29, 1.82) is 5.26 Å². The number of benzene rings is 1. The van der Waals surface area contributed by atoms with Gasteiger partial charge in [-0.1, -0.05) is 24.3 Å². The zero-order valence-corrected chi connectivity index (χ0v) is 14.2. The number of carbonyl (C=O) groups excluding carboxylic acids is 1. The highest BCUT2D eigenvalue weighted by Crippen LogP contribution is 2.33. The molecule has 1 unspecified atom stereocenters. The SMILES string of the molecule is N#CC1CN(C2CN(CC(F)(F)F)C2)C(=O)N1c1cncc2ccccc12. The zero-order chi connectivity index (χ0) is 19.2. The molecule has 6 nitrogen and oxygen atoms in total. The van der Waals surface area contributed by atoms with E-state index >= 15 is 0 Å². The molecule has 140 valence electrons. The van der Waals surface area contributed by atoms with Crippen LogP contribution in [0.2, 0.25) is 0 Å². The number of likely N-dealkylation sites (tertiary alicyclic amines) is 1. The number of rotatable bonds is 3. The van der Waals surface area contributed by atoms with Crippen molar-refractivity contribution >= 4 is 22.5 Å². The number of anilines is 1. The summed E-state index contributed by atoms with van der Waals surface area (Å²) in [5, 5.41) is 11.2. The van der Waals surface area contributed by atoms with Crippen molar-refractivity contribution in [2.75, 3.05) is 31.1 Å². The van der Waals surface area contributed by atoms with Crippen LogP contribution in [0, 0.1) is 11.3 Å². The summed E-state index contributed by atoms with van der Waals surface area (Å²) >= 11 is 0. The summed E-state index contributed by atoms with van der Waals surface area (Å²) in [4.78, 5) is 21.3. The lowest BCUT2D eigenvalue weighted by atomic mass is 10.1. The smallest absolute Gasteiger partial charge is 0.316 e. The summed E-state index contributed by atoms with van der Waals surface area (Å²) in [6.45, 7) is -0.497. The fourth-order valence-corrected chi connectivity index (χ4v) is 3.71. The second-order valence-corrected chi connectivity index (χ2v) is 6.79. The van der Waals surface area contributed by atoms with Crippen LogP contribution in [0.3, 0.4) is 0 Å². The molecule has 1 atom stereocenters. The minimum absolute atomic E-state index is 0.158. The zero-order valence-electron chi connectivity index (χ0n) is 14.2. The largest absolute Gasteiger partial charge is 0.401 e. The molecule has 9 heteroatoms. The minimum Gasteiger partial charge on any atom is -0.316 e. The number of alkyl halides is 3. The van der Waals surface area contributed by atoms with Crippen LogP contribution in [0.15, 0.2) is 36.7 Å². The number of aromatic nitrogens is 1. The molecule has 27 heavy (non-hydrogen) atoms. The van der Waals surface area contributed by atoms with Gasteiger partial charge in [-0.15, -0.1) is 0 Å². The van der Waals surface area contributed by atoms with E-state index in [1.165, 1.54) is 14.7 Å². The molecule has 2 fully saturated rings. The Labute approximate surface area is 153 Å². The second kappa shape index (κ2) is 6.39. The molecular formula is C18H16F3N5O. The van der Waals surface area contributed by atoms with Crippen LogP contribution in [0.25, 0.3) is 10.8 Å². The number of nitrogens with zero attached hydrogens (tertiary/aromatic N) is 5. The third-order valence-electron chi connectivity index (χ3n) is 4.97. The molecule has 0 bridgehead atoms. The average molecular weight is 375 g/mol. The number of hydrogen-bond donors (Lipinski definition) is 0. The van der Waals surface area contributed by atoms with Crippen LogP contribution < -0.4 is 4.90 Å². The van der Waals surface area contributed by atoms with Gasteiger partial charge in [-0.25, -0.2) is 4.79 Å². The molecule has 0 N–H and O–H groups in total. The first-order valence-corrected chi connectivity index (χ1v) is 8.48. The molecule has 0 saturated carbocycles. The summed E-state index contributed by atoms with van der Waals surface area (Å²) in [5.74, 6) is 0. The lowest BCUT2D eigenvalue weighted by molar-refractivity contribution is -0.158. The fourth-order valence-electron chi connectivity index (χ4n) is 3.71. The van der Waals surface area contributed by atoms with Crippen molar-refractivity contribution in [2.24, 2.45) is 0 Å². The minimum atomic E-state index is -4.25. The standard InChI is InChI=1S/C18H16F3N5O/c19-18(20,21)11-24-8-14(9-24)25-10-13(5-22)26(17(25)27)16-7-23-6-12-3-1-2-4-15(12)16/h1-4,6-7,13-14H,8-11H2. The predicted octanol–water partition coefficient (Wildman–Crippen LogP) is 2.62. The predicted molar refractivity (Wildman–Crippen MR) is 92.0 cm³/mol. The van der Waals surface area contributed by atoms with Gasteiger partial charge in [-0.05, 0) is 0 Å². The maximum absolute atomic E-state index is 13.0. The number of urea groups is 1. The van der Waals surface area contributed by atoms with Crippen molar-refractivity contribution in [3.8, 4) is 6.07 Å². The number of halogens is 3. The van der Waals surface area contributed by atoms with Crippen molar-refractivity contribution in [3.63, 3.8) is 0 Å². The van der Waals surface area contributed by atoms with Crippen LogP contribution in [0.5, 0.6) is 0 Å². The van der Waals surface area contributed by atoms with E-state index < -0.39 is 18.8 Å². The lowest BCUT2D eigenvalue weighted by Crippen LogP contribution is -2.61. The molecule has 2 aliphatic heterocycles. The Bertz CT molecular complexity index is 914. The number of nitriles is 1. The lowest BCUT2D eigenvalue weighted by Gasteiger charge is -2.43. The molecule has 1 aromatic carbocycles. The topological polar surface area (TPSA) is 63.5 Å². The highest BCUT2D eigenvalue weighted by Gasteiger charge is 2.47. The van der Waals surface area contributed by atoms with Gasteiger partial charge < -0.3 is 4.90 Å². The average Bonchev–Trinajstić information content (AvgIpc) is 2.92. The third-order valence-corrected chi connectivity index (χ3v) is 4.97. The van der Waals surface area contributed by atoms with E-state index in [-0.39, 0.29) is 31.7 Å². The molecule has 2 aliphatic rings. The Balaban J connectivity index is 1.57. The van der Waals surface area contributed by atoms with Crippen molar-refractivity contribution < 1.29 is 18.0 Å². The highest BCUT2D eigenvalue weighted by molar-refractivity contribution is 6.04. The molecule has 1 aromatic heterocycles. The fraction of sp³-hybridized carbons (Fsp3) is 0.389. The normalized spacial score (nSPS) is 21.6. The maximum Gasteiger partial charge on any atom is 0.401 e. The first kappa shape index (κ1) is 17.5. The van der Waals surface area contributed by atoms with Gasteiger partial charge in [0.2, 0.25) is 0 Å². The van der Waals surface area contributed by atoms with E-state index in [1.54, 1.807) is 12.4 Å². The summed E-state index contributed by atoms with van der Waals surface area (Å²) in [5.41, 5.74) is 0.540. The van der Waals surface area contributed by atoms with Crippen LogP contribution in [0.1, 0.15) is 0 Å². The molecule has 0 aliphatic carbocycles. The Morgan fingerprint density at radius 3 is 2.63 bits per heavy atom. The van der Waals surface area contributed by atoms with Gasteiger partial charge in [0.05, 0.1) is 37.1 Å². The molecule has 0 spiro atoms. The maximum atomic E-state index is 13.0. The van der Waals surface area contributed by atoms with Crippen LogP contribution in [-0.2, 0) is 0 Å². The molecule has 0 radical (unpaired) electrons. The summed E-state index contributed by atoms with van der Waals surface area (Å²) < 4.78 is 37.4. The first-order chi connectivity index (χ1) is 12.9. The number of hydrogen-bond acceptors (Lipinski definition) is 4. The monoisotopic (exact) mass is 375 g/mol. The van der Waals surface area contributed by atoms with Crippen LogP contribution in [0.4, 0.5) is 23.7 Å². The van der Waals surface area contributed by atoms with Gasteiger partial charge in [0.25, 0.3) is 0 Å². The van der Waals surface area contributed by atoms with Gasteiger partial charge in [-0.2, -0.15) is 18.4 Å². The molecule has 2 aromatic rings. The van der Waals surface area contributed by atoms with E-state index in [0.717, 1.165) is 10.8 Å². The van der Waals surface area contributed by atoms with E-state index in [0.29, 0.717) is 5.69 Å². The summed E-state index contributed by atoms with van der Waals surface area (Å²) in [7, 11) is 0. The van der Waals surface area contributed by atoms with E-state index in [4.69, 9.17) is 0 Å². The Morgan fingerprint density at radius 2 is 1.93 bits per heavy atom. The van der Waals surface area contributed by atoms with Crippen molar-refractivity contribution in [3.05, 3.63) is 36.7 Å². The van der Waals surface area contributed by atoms with Gasteiger partial charge >= 0.3 is 12.2 Å². The van der Waals surface area contributed by atoms with Crippen LogP contribution >= 0.6 is 0 Å². The van der Waals surface area contributed by atoms with Crippen molar-refractivity contribution in [2.45, 2.75) is 18.3 Å². The van der Waals surface area contributed by atoms with E-state index in [1.807, 2.05) is 24.3 Å². The number of pyridine rings is 1. The number of fused-ring (bicyclic) bond motifs is 1. The van der Waals surface area contributed by atoms with Gasteiger partial charge in [-0.3, -0.25) is 14.8 Å². The molecular weight excluding hydrogens is 359 g/mol.